The summed E-state index contributed by atoms with van der Waals surface area (Å²) in [4.78, 5) is 25.1. The topological polar surface area (TPSA) is 85.2 Å². The fraction of sp³-hybridized carbons (Fsp3) is 0.370. The molecule has 1 fully saturated rings. The Balaban J connectivity index is 1.37. The number of halogens is 2. The highest BCUT2D eigenvalue weighted by atomic mass is 35.5. The lowest BCUT2D eigenvalue weighted by molar-refractivity contribution is -0.120. The molecule has 1 aromatic heterocycles. The van der Waals surface area contributed by atoms with Crippen LogP contribution in [0.4, 0.5) is 4.39 Å². The van der Waals surface area contributed by atoms with Crippen LogP contribution in [0.2, 0.25) is 5.02 Å². The normalized spacial score (nSPS) is 14.0. The Morgan fingerprint density at radius 1 is 1.11 bits per heavy atom. The second-order valence-corrected chi connectivity index (χ2v) is 9.47. The number of aryl methyl sites for hydroxylation is 1. The van der Waals surface area contributed by atoms with Gasteiger partial charge in [-0.05, 0) is 74.6 Å². The zero-order valence-electron chi connectivity index (χ0n) is 20.4. The summed E-state index contributed by atoms with van der Waals surface area (Å²) < 4.78 is 20.4. The summed E-state index contributed by atoms with van der Waals surface area (Å²) in [5.74, 6) is -0.241. The van der Waals surface area contributed by atoms with Gasteiger partial charge in [-0.25, -0.2) is 9.07 Å². The molecule has 1 aliphatic heterocycles. The van der Waals surface area contributed by atoms with E-state index in [2.05, 4.69) is 15.7 Å². The van der Waals surface area contributed by atoms with Gasteiger partial charge in [0.2, 0.25) is 5.91 Å². The van der Waals surface area contributed by atoms with Crippen LogP contribution in [0.15, 0.2) is 42.5 Å². The lowest BCUT2D eigenvalue weighted by Gasteiger charge is -2.22. The molecule has 0 bridgehead atoms. The highest BCUT2D eigenvalue weighted by molar-refractivity contribution is 6.31. The van der Waals surface area contributed by atoms with Gasteiger partial charge in [-0.3, -0.25) is 9.59 Å². The highest BCUT2D eigenvalue weighted by Gasteiger charge is 2.18. The fourth-order valence-electron chi connectivity index (χ4n) is 4.31. The number of nitrogens with one attached hydrogen (secondary N) is 2. The van der Waals surface area contributed by atoms with Crippen molar-refractivity contribution < 1.29 is 18.7 Å². The highest BCUT2D eigenvalue weighted by Crippen LogP contribution is 2.20. The van der Waals surface area contributed by atoms with E-state index in [9.17, 15) is 14.0 Å². The average molecular weight is 513 g/mol. The van der Waals surface area contributed by atoms with E-state index < -0.39 is 5.82 Å². The van der Waals surface area contributed by atoms with Crippen LogP contribution in [-0.2, 0) is 22.5 Å². The first-order chi connectivity index (χ1) is 17.3. The van der Waals surface area contributed by atoms with E-state index in [4.69, 9.17) is 16.3 Å². The van der Waals surface area contributed by atoms with Crippen LogP contribution in [0.25, 0.3) is 5.69 Å². The molecule has 2 amide bonds. The molecule has 2 heterocycles. The van der Waals surface area contributed by atoms with Gasteiger partial charge in [-0.2, -0.15) is 5.10 Å². The Morgan fingerprint density at radius 3 is 2.53 bits per heavy atom. The Hall–Kier alpha value is -3.23. The number of nitrogens with zero attached hydrogens (tertiary/aromatic N) is 2. The number of benzene rings is 2. The number of carbonyl (C=O) groups is 2. The molecule has 2 aromatic carbocycles. The van der Waals surface area contributed by atoms with Gasteiger partial charge in [0, 0.05) is 48.1 Å². The Bertz CT molecular complexity index is 1240. The molecule has 0 unspecified atom stereocenters. The number of hydrogen-bond acceptors (Lipinski definition) is 4. The van der Waals surface area contributed by atoms with Crippen LogP contribution in [0.5, 0.6) is 0 Å². The first-order valence-corrected chi connectivity index (χ1v) is 12.4. The van der Waals surface area contributed by atoms with Gasteiger partial charge < -0.3 is 15.4 Å². The van der Waals surface area contributed by atoms with Crippen molar-refractivity contribution in [2.45, 2.75) is 39.7 Å². The summed E-state index contributed by atoms with van der Waals surface area (Å²) in [5, 5.41) is 10.7. The smallest absolute Gasteiger partial charge is 0.251 e. The summed E-state index contributed by atoms with van der Waals surface area (Å²) >= 11 is 6.04. The Morgan fingerprint density at radius 2 is 1.83 bits per heavy atom. The monoisotopic (exact) mass is 512 g/mol. The molecule has 0 saturated carbocycles. The van der Waals surface area contributed by atoms with Crippen molar-refractivity contribution in [1.29, 1.82) is 0 Å². The molecule has 0 spiro atoms. The average Bonchev–Trinajstić information content (AvgIpc) is 3.15. The minimum Gasteiger partial charge on any atom is -0.381 e. The molecular weight excluding hydrogens is 483 g/mol. The Labute approximate surface area is 215 Å². The van der Waals surface area contributed by atoms with E-state index in [0.29, 0.717) is 23.6 Å². The maximum atomic E-state index is 13.2. The van der Waals surface area contributed by atoms with Crippen molar-refractivity contribution in [2.75, 3.05) is 19.8 Å². The first-order valence-electron chi connectivity index (χ1n) is 12.0. The molecule has 2 N–H and O–H groups in total. The summed E-state index contributed by atoms with van der Waals surface area (Å²) in [6, 6.07) is 11.4. The predicted octanol–water partition coefficient (Wildman–Crippen LogP) is 4.30. The molecule has 0 atom stereocenters. The molecule has 0 aliphatic carbocycles. The van der Waals surface area contributed by atoms with Crippen LogP contribution in [0.3, 0.4) is 0 Å². The van der Waals surface area contributed by atoms with E-state index in [1.54, 1.807) is 22.9 Å². The molecule has 3 aromatic rings. The number of carbonyl (C=O) groups excluding carboxylic acids is 2. The van der Waals surface area contributed by atoms with Gasteiger partial charge >= 0.3 is 0 Å². The third-order valence-electron chi connectivity index (χ3n) is 6.54. The number of rotatable bonds is 8. The van der Waals surface area contributed by atoms with Crippen LogP contribution >= 0.6 is 11.6 Å². The molecular formula is C27H30ClFN4O3. The zero-order chi connectivity index (χ0) is 25.7. The maximum absolute atomic E-state index is 13.2. The Kier molecular flexibility index (Phi) is 8.38. The third-order valence-corrected chi connectivity index (χ3v) is 6.89. The molecule has 36 heavy (non-hydrogen) atoms. The van der Waals surface area contributed by atoms with Crippen molar-refractivity contribution in [3.63, 3.8) is 0 Å². The number of aromatic nitrogens is 2. The van der Waals surface area contributed by atoms with Crippen LogP contribution in [0.1, 0.15) is 45.7 Å². The van der Waals surface area contributed by atoms with Gasteiger partial charge in [0.25, 0.3) is 5.91 Å². The van der Waals surface area contributed by atoms with Crippen LogP contribution in [0, 0.1) is 25.6 Å². The molecule has 1 aliphatic rings. The minimum atomic E-state index is -0.419. The van der Waals surface area contributed by atoms with E-state index >= 15 is 0 Å². The van der Waals surface area contributed by atoms with Crippen LogP contribution < -0.4 is 10.6 Å². The van der Waals surface area contributed by atoms with Crippen molar-refractivity contribution in [1.82, 2.24) is 20.4 Å². The summed E-state index contributed by atoms with van der Waals surface area (Å²) in [5.41, 5.74) is 4.47. The molecule has 1 saturated heterocycles. The molecule has 4 rings (SSSR count). The number of amides is 2. The lowest BCUT2D eigenvalue weighted by Crippen LogP contribution is -2.32. The molecule has 7 nitrogen and oxygen atoms in total. The first kappa shape index (κ1) is 25.9. The molecule has 0 radical (unpaired) electrons. The summed E-state index contributed by atoms with van der Waals surface area (Å²) in [6.07, 6.45) is 2.10. The van der Waals surface area contributed by atoms with Crippen molar-refractivity contribution >= 4 is 23.4 Å². The van der Waals surface area contributed by atoms with E-state index in [-0.39, 0.29) is 29.8 Å². The predicted molar refractivity (Wildman–Crippen MR) is 136 cm³/mol. The van der Waals surface area contributed by atoms with E-state index in [1.807, 2.05) is 26.0 Å². The van der Waals surface area contributed by atoms with E-state index in [1.165, 1.54) is 12.1 Å². The number of ether oxygens (including phenoxy) is 1. The molecule has 9 heteroatoms. The van der Waals surface area contributed by atoms with Gasteiger partial charge in [0.1, 0.15) is 5.82 Å². The van der Waals surface area contributed by atoms with E-state index in [0.717, 1.165) is 48.7 Å². The van der Waals surface area contributed by atoms with Crippen molar-refractivity contribution in [3.8, 4) is 5.69 Å². The van der Waals surface area contributed by atoms with Gasteiger partial charge in [0.15, 0.2) is 0 Å². The third kappa shape index (κ3) is 6.30. The van der Waals surface area contributed by atoms with Gasteiger partial charge in [-0.1, -0.05) is 17.7 Å². The quantitative estimate of drug-likeness (QED) is 0.471. The van der Waals surface area contributed by atoms with Crippen LogP contribution in [-0.4, -0.2) is 41.4 Å². The fourth-order valence-corrected chi connectivity index (χ4v) is 4.54. The zero-order valence-corrected chi connectivity index (χ0v) is 21.2. The van der Waals surface area contributed by atoms with Gasteiger partial charge in [0.05, 0.1) is 17.8 Å². The second-order valence-electron chi connectivity index (χ2n) is 9.06. The SMILES string of the molecule is Cc1nn(-c2ccc(C(=O)NCC3CCOCC3)cc2)c(C)c1CC(=O)NCc1ccc(F)cc1Cl. The lowest BCUT2D eigenvalue weighted by atomic mass is 10.0. The standard InChI is InChI=1S/C27H30ClFN4O3/c1-17-24(14-26(34)30-16-21-3-6-22(29)13-25(21)28)18(2)33(32-17)23-7-4-20(5-8-23)27(35)31-15-19-9-11-36-12-10-19/h3-8,13,19H,9-12,14-16H2,1-2H3,(H,30,34)(H,31,35). The maximum Gasteiger partial charge on any atom is 0.251 e. The summed E-state index contributed by atoms with van der Waals surface area (Å²) in [7, 11) is 0. The van der Waals surface area contributed by atoms with Crippen molar-refractivity contribution in [3.05, 3.63) is 81.4 Å². The van der Waals surface area contributed by atoms with Gasteiger partial charge in [-0.15, -0.1) is 0 Å². The van der Waals surface area contributed by atoms with Crippen molar-refractivity contribution in [2.24, 2.45) is 5.92 Å². The second kappa shape index (κ2) is 11.7. The minimum absolute atomic E-state index is 0.0972. The largest absolute Gasteiger partial charge is 0.381 e. The molecule has 190 valence electrons. The summed E-state index contributed by atoms with van der Waals surface area (Å²) in [6.45, 7) is 6.14. The number of hydrogen-bond donors (Lipinski definition) is 2.